The van der Waals surface area contributed by atoms with Gasteiger partial charge >= 0.3 is 0 Å². The van der Waals surface area contributed by atoms with Gasteiger partial charge in [-0.15, -0.1) is 11.3 Å². The van der Waals surface area contributed by atoms with E-state index in [-0.39, 0.29) is 6.61 Å². The summed E-state index contributed by atoms with van der Waals surface area (Å²) in [5, 5.41) is 9.88. The highest BCUT2D eigenvalue weighted by molar-refractivity contribution is 7.16. The van der Waals surface area contributed by atoms with Gasteiger partial charge in [-0.25, -0.2) is 0 Å². The number of hydrogen-bond donors (Lipinski definition) is 2. The van der Waals surface area contributed by atoms with E-state index >= 15 is 0 Å². The molecule has 1 heterocycles. The number of rotatable bonds is 5. The average Bonchev–Trinajstić information content (AvgIpc) is 2.81. The molecule has 102 valence electrons. The minimum absolute atomic E-state index is 0.0302. The molecule has 19 heavy (non-hydrogen) atoms. The molecule has 0 bridgehead atoms. The smallest absolute Gasteiger partial charge is 0.0931 e. The number of benzene rings is 1. The van der Waals surface area contributed by atoms with Gasteiger partial charge in [-0.05, 0) is 31.0 Å². The van der Waals surface area contributed by atoms with Crippen molar-refractivity contribution >= 4 is 22.9 Å². The van der Waals surface area contributed by atoms with Crippen LogP contribution in [0.3, 0.4) is 0 Å². The molecule has 3 N–H and O–H groups in total. The minimum atomic E-state index is -0.430. The molecular weight excluding hydrogens is 278 g/mol. The molecular formula is C15H18ClNOS. The third-order valence-electron chi connectivity index (χ3n) is 3.47. The summed E-state index contributed by atoms with van der Waals surface area (Å²) in [5.74, 6) is 0. The van der Waals surface area contributed by atoms with Crippen molar-refractivity contribution in [3.8, 4) is 0 Å². The number of hydrogen-bond acceptors (Lipinski definition) is 3. The van der Waals surface area contributed by atoms with E-state index in [0.29, 0.717) is 13.0 Å². The van der Waals surface area contributed by atoms with E-state index < -0.39 is 5.41 Å². The third-order valence-corrected chi connectivity index (χ3v) is 4.70. The van der Waals surface area contributed by atoms with Gasteiger partial charge in [0.1, 0.15) is 0 Å². The molecule has 0 aliphatic carbocycles. The molecule has 0 aliphatic heterocycles. The van der Waals surface area contributed by atoms with E-state index in [4.69, 9.17) is 17.3 Å². The Hall–Kier alpha value is -0.870. The lowest BCUT2D eigenvalue weighted by Crippen LogP contribution is -2.40. The fraction of sp³-hybridized carbons (Fsp3) is 0.333. The zero-order chi connectivity index (χ0) is 13.9. The minimum Gasteiger partial charge on any atom is -0.395 e. The van der Waals surface area contributed by atoms with Crippen molar-refractivity contribution in [1.82, 2.24) is 0 Å². The zero-order valence-electron chi connectivity index (χ0n) is 10.9. The first-order chi connectivity index (χ1) is 9.09. The molecule has 0 aliphatic rings. The van der Waals surface area contributed by atoms with Crippen molar-refractivity contribution in [2.45, 2.75) is 18.8 Å². The highest BCUT2D eigenvalue weighted by Gasteiger charge is 2.31. The SMILES string of the molecule is Cc1cccc(C(CN)(CO)Cc2ccc(Cl)s2)c1. The van der Waals surface area contributed by atoms with Crippen molar-refractivity contribution in [3.05, 3.63) is 56.7 Å². The summed E-state index contributed by atoms with van der Waals surface area (Å²) in [6, 6.07) is 12.1. The van der Waals surface area contributed by atoms with Crippen LogP contribution in [0, 0.1) is 6.92 Å². The standard InChI is InChI=1S/C15H18ClNOS/c1-11-3-2-4-12(7-11)15(9-17,10-18)8-13-5-6-14(16)19-13/h2-7,18H,8-10,17H2,1H3. The second-order valence-corrected chi connectivity index (χ2v) is 6.69. The quantitative estimate of drug-likeness (QED) is 0.890. The first kappa shape index (κ1) is 14.5. The van der Waals surface area contributed by atoms with Crippen molar-refractivity contribution < 1.29 is 5.11 Å². The molecule has 0 fully saturated rings. The van der Waals surface area contributed by atoms with Gasteiger partial charge < -0.3 is 10.8 Å². The molecule has 1 unspecified atom stereocenters. The maximum absolute atomic E-state index is 9.88. The molecule has 0 amide bonds. The highest BCUT2D eigenvalue weighted by Crippen LogP contribution is 2.32. The molecule has 1 atom stereocenters. The Labute approximate surface area is 122 Å². The van der Waals surface area contributed by atoms with Crippen molar-refractivity contribution in [2.75, 3.05) is 13.2 Å². The largest absolute Gasteiger partial charge is 0.395 e. The number of thiophene rings is 1. The van der Waals surface area contributed by atoms with Gasteiger partial charge in [0.2, 0.25) is 0 Å². The summed E-state index contributed by atoms with van der Waals surface area (Å²) in [6.07, 6.45) is 0.709. The fourth-order valence-electron chi connectivity index (χ4n) is 2.26. The monoisotopic (exact) mass is 295 g/mol. The fourth-order valence-corrected chi connectivity index (χ4v) is 3.49. The van der Waals surface area contributed by atoms with Crippen LogP contribution in [0.1, 0.15) is 16.0 Å². The van der Waals surface area contributed by atoms with E-state index in [1.165, 1.54) is 5.56 Å². The summed E-state index contributed by atoms with van der Waals surface area (Å²) >= 11 is 7.51. The first-order valence-electron chi connectivity index (χ1n) is 6.22. The molecule has 1 aromatic carbocycles. The molecule has 0 spiro atoms. The molecule has 1 aromatic heterocycles. The van der Waals surface area contributed by atoms with Crippen LogP contribution in [0.4, 0.5) is 0 Å². The lowest BCUT2D eigenvalue weighted by molar-refractivity contribution is 0.196. The number of aliphatic hydroxyl groups is 1. The molecule has 0 saturated carbocycles. The lowest BCUT2D eigenvalue weighted by Gasteiger charge is -2.31. The first-order valence-corrected chi connectivity index (χ1v) is 7.41. The van der Waals surface area contributed by atoms with E-state index in [1.807, 2.05) is 37.3 Å². The number of aliphatic hydroxyl groups excluding tert-OH is 1. The van der Waals surface area contributed by atoms with Gasteiger partial charge in [0.05, 0.1) is 10.9 Å². The number of aryl methyl sites for hydroxylation is 1. The number of halogens is 1. The van der Waals surface area contributed by atoms with Crippen LogP contribution in [0.25, 0.3) is 0 Å². The summed E-state index contributed by atoms with van der Waals surface area (Å²) in [6.45, 7) is 2.48. The Kier molecular flexibility index (Phi) is 4.63. The molecule has 2 aromatic rings. The van der Waals surface area contributed by atoms with Gasteiger partial charge in [0.15, 0.2) is 0 Å². The van der Waals surface area contributed by atoms with Crippen LogP contribution < -0.4 is 5.73 Å². The summed E-state index contributed by atoms with van der Waals surface area (Å²) < 4.78 is 0.767. The van der Waals surface area contributed by atoms with Crippen molar-refractivity contribution in [2.24, 2.45) is 5.73 Å². The maximum Gasteiger partial charge on any atom is 0.0931 e. The normalized spacial score (nSPS) is 14.3. The summed E-state index contributed by atoms with van der Waals surface area (Å²) in [4.78, 5) is 1.14. The van der Waals surface area contributed by atoms with E-state index in [1.54, 1.807) is 11.3 Å². The Morgan fingerprint density at radius 2 is 2.11 bits per heavy atom. The van der Waals surface area contributed by atoms with E-state index in [0.717, 1.165) is 14.8 Å². The molecule has 0 radical (unpaired) electrons. The summed E-state index contributed by atoms with van der Waals surface area (Å²) in [5.41, 5.74) is 7.80. The zero-order valence-corrected chi connectivity index (χ0v) is 12.5. The van der Waals surface area contributed by atoms with Crippen molar-refractivity contribution in [1.29, 1.82) is 0 Å². The van der Waals surface area contributed by atoms with Gasteiger partial charge in [0.25, 0.3) is 0 Å². The van der Waals surface area contributed by atoms with Gasteiger partial charge in [-0.1, -0.05) is 41.4 Å². The van der Waals surface area contributed by atoms with Crippen LogP contribution in [0.5, 0.6) is 0 Å². The maximum atomic E-state index is 9.88. The van der Waals surface area contributed by atoms with Crippen LogP contribution in [-0.2, 0) is 11.8 Å². The third kappa shape index (κ3) is 3.18. The van der Waals surface area contributed by atoms with Gasteiger partial charge in [0, 0.05) is 16.8 Å². The predicted octanol–water partition coefficient (Wildman–Crippen LogP) is 3.14. The van der Waals surface area contributed by atoms with Crippen LogP contribution in [0.2, 0.25) is 4.34 Å². The Morgan fingerprint density at radius 1 is 1.32 bits per heavy atom. The van der Waals surface area contributed by atoms with Crippen LogP contribution >= 0.6 is 22.9 Å². The Balaban J connectivity index is 2.37. The van der Waals surface area contributed by atoms with E-state index in [2.05, 4.69) is 6.07 Å². The van der Waals surface area contributed by atoms with Gasteiger partial charge in [-0.2, -0.15) is 0 Å². The summed E-state index contributed by atoms with van der Waals surface area (Å²) in [7, 11) is 0. The Bertz CT molecular complexity index is 549. The predicted molar refractivity (Wildman–Crippen MR) is 82.0 cm³/mol. The molecule has 2 nitrogen and oxygen atoms in total. The van der Waals surface area contributed by atoms with Crippen LogP contribution in [-0.4, -0.2) is 18.3 Å². The molecule has 2 rings (SSSR count). The second kappa shape index (κ2) is 6.06. The van der Waals surface area contributed by atoms with Crippen LogP contribution in [0.15, 0.2) is 36.4 Å². The van der Waals surface area contributed by atoms with E-state index in [9.17, 15) is 5.11 Å². The van der Waals surface area contributed by atoms with Crippen molar-refractivity contribution in [3.63, 3.8) is 0 Å². The lowest BCUT2D eigenvalue weighted by atomic mass is 9.77. The molecule has 0 saturated heterocycles. The molecule has 4 heteroatoms. The van der Waals surface area contributed by atoms with Gasteiger partial charge in [-0.3, -0.25) is 0 Å². The topological polar surface area (TPSA) is 46.2 Å². The number of nitrogens with two attached hydrogens (primary N) is 1. The second-order valence-electron chi connectivity index (χ2n) is 4.89. The highest BCUT2D eigenvalue weighted by atomic mass is 35.5. The average molecular weight is 296 g/mol. The Morgan fingerprint density at radius 3 is 2.63 bits per heavy atom.